The van der Waals surface area contributed by atoms with Gasteiger partial charge in [-0.1, -0.05) is 25.0 Å². The third-order valence-electron chi connectivity index (χ3n) is 3.80. The predicted molar refractivity (Wildman–Crippen MR) is 71.3 cm³/mol. The average molecular weight is 261 g/mol. The molecule has 0 aromatic heterocycles. The van der Waals surface area contributed by atoms with E-state index < -0.39 is 6.10 Å². The van der Waals surface area contributed by atoms with E-state index in [0.29, 0.717) is 17.5 Å². The monoisotopic (exact) mass is 261 g/mol. The molecule has 1 saturated carbocycles. The van der Waals surface area contributed by atoms with Crippen LogP contribution >= 0.6 is 0 Å². The maximum absolute atomic E-state index is 12.3. The second-order valence-corrected chi connectivity index (χ2v) is 5.30. The molecule has 1 N–H and O–H groups in total. The van der Waals surface area contributed by atoms with E-state index in [4.69, 9.17) is 9.47 Å². The first-order chi connectivity index (χ1) is 9.24. The molecule has 1 aliphatic carbocycles. The number of ether oxygens (including phenoxy) is 2. The van der Waals surface area contributed by atoms with E-state index in [9.17, 15) is 4.79 Å². The van der Waals surface area contributed by atoms with Gasteiger partial charge in [0.15, 0.2) is 11.5 Å². The molecule has 19 heavy (non-hydrogen) atoms. The Hall–Kier alpha value is -1.71. The molecular weight excluding hydrogens is 242 g/mol. The van der Waals surface area contributed by atoms with Crippen LogP contribution in [0.1, 0.15) is 32.6 Å². The number of fused-ring (bicyclic) bond motifs is 1. The van der Waals surface area contributed by atoms with E-state index in [1.165, 1.54) is 12.8 Å². The van der Waals surface area contributed by atoms with Gasteiger partial charge in [0.25, 0.3) is 5.91 Å². The Morgan fingerprint density at radius 3 is 2.47 bits per heavy atom. The number of carbonyl (C=O) groups is 1. The van der Waals surface area contributed by atoms with Gasteiger partial charge in [-0.2, -0.15) is 0 Å². The van der Waals surface area contributed by atoms with Crippen LogP contribution in [-0.2, 0) is 4.79 Å². The largest absolute Gasteiger partial charge is 0.482 e. The van der Waals surface area contributed by atoms with Gasteiger partial charge in [-0.3, -0.25) is 4.79 Å². The summed E-state index contributed by atoms with van der Waals surface area (Å²) in [6.07, 6.45) is 3.72. The second kappa shape index (κ2) is 5.11. The number of hydrogen-bond acceptors (Lipinski definition) is 3. The van der Waals surface area contributed by atoms with Gasteiger partial charge >= 0.3 is 0 Å². The molecule has 2 aliphatic rings. The Bertz CT molecular complexity index is 468. The Kier molecular flexibility index (Phi) is 3.32. The Morgan fingerprint density at radius 2 is 1.79 bits per heavy atom. The minimum Gasteiger partial charge on any atom is -0.482 e. The fourth-order valence-corrected chi connectivity index (χ4v) is 2.76. The van der Waals surface area contributed by atoms with E-state index >= 15 is 0 Å². The molecule has 0 bridgehead atoms. The molecule has 2 unspecified atom stereocenters. The van der Waals surface area contributed by atoms with Gasteiger partial charge in [-0.15, -0.1) is 0 Å². The molecule has 3 rings (SSSR count). The highest BCUT2D eigenvalue weighted by atomic mass is 16.6. The summed E-state index contributed by atoms with van der Waals surface area (Å²) in [5.74, 6) is 1.29. The predicted octanol–water partition coefficient (Wildman–Crippen LogP) is 2.27. The van der Waals surface area contributed by atoms with Crippen LogP contribution in [0.5, 0.6) is 11.5 Å². The SMILES string of the molecule is CC1Oc2ccccc2OC1C(=O)NC1CCCC1. The summed E-state index contributed by atoms with van der Waals surface area (Å²) in [5.41, 5.74) is 0. The van der Waals surface area contributed by atoms with Crippen molar-refractivity contribution in [3.05, 3.63) is 24.3 Å². The van der Waals surface area contributed by atoms with Crippen molar-refractivity contribution in [2.45, 2.75) is 50.9 Å². The van der Waals surface area contributed by atoms with E-state index in [2.05, 4.69) is 5.32 Å². The zero-order valence-electron chi connectivity index (χ0n) is 11.1. The molecule has 0 spiro atoms. The summed E-state index contributed by atoms with van der Waals surface area (Å²) in [6.45, 7) is 1.87. The van der Waals surface area contributed by atoms with Crippen molar-refractivity contribution < 1.29 is 14.3 Å². The summed E-state index contributed by atoms with van der Waals surface area (Å²) in [4.78, 5) is 12.3. The first-order valence-corrected chi connectivity index (χ1v) is 6.97. The lowest BCUT2D eigenvalue weighted by molar-refractivity contribution is -0.134. The number of nitrogens with one attached hydrogen (secondary N) is 1. The summed E-state index contributed by atoms with van der Waals surface area (Å²) < 4.78 is 11.5. The van der Waals surface area contributed by atoms with Crippen LogP contribution in [0.3, 0.4) is 0 Å². The molecule has 2 atom stereocenters. The van der Waals surface area contributed by atoms with Gasteiger partial charge in [-0.05, 0) is 31.9 Å². The molecule has 0 radical (unpaired) electrons. The fourth-order valence-electron chi connectivity index (χ4n) is 2.76. The smallest absolute Gasteiger partial charge is 0.265 e. The zero-order valence-corrected chi connectivity index (χ0v) is 11.1. The second-order valence-electron chi connectivity index (χ2n) is 5.30. The highest BCUT2D eigenvalue weighted by Crippen LogP contribution is 2.33. The quantitative estimate of drug-likeness (QED) is 0.888. The lowest BCUT2D eigenvalue weighted by Crippen LogP contribution is -2.51. The Morgan fingerprint density at radius 1 is 1.16 bits per heavy atom. The van der Waals surface area contributed by atoms with E-state index in [0.717, 1.165) is 12.8 Å². The lowest BCUT2D eigenvalue weighted by atomic mass is 10.1. The number of hydrogen-bond donors (Lipinski definition) is 1. The van der Waals surface area contributed by atoms with Crippen LogP contribution in [0, 0.1) is 0 Å². The summed E-state index contributed by atoms with van der Waals surface area (Å²) in [7, 11) is 0. The van der Waals surface area contributed by atoms with Crippen molar-refractivity contribution in [3.63, 3.8) is 0 Å². The first-order valence-electron chi connectivity index (χ1n) is 6.97. The number of amides is 1. The van der Waals surface area contributed by atoms with Gasteiger partial charge in [0.2, 0.25) is 6.10 Å². The third kappa shape index (κ3) is 2.53. The third-order valence-corrected chi connectivity index (χ3v) is 3.80. The average Bonchev–Trinajstić information content (AvgIpc) is 2.90. The molecule has 1 fully saturated rings. The minimum atomic E-state index is -0.560. The lowest BCUT2D eigenvalue weighted by Gasteiger charge is -2.31. The van der Waals surface area contributed by atoms with Crippen LogP contribution in [0.4, 0.5) is 0 Å². The number of benzene rings is 1. The van der Waals surface area contributed by atoms with Gasteiger partial charge in [-0.25, -0.2) is 0 Å². The van der Waals surface area contributed by atoms with Crippen LogP contribution in [0.2, 0.25) is 0 Å². The molecule has 1 aromatic rings. The van der Waals surface area contributed by atoms with Crippen LogP contribution in [0.15, 0.2) is 24.3 Å². The van der Waals surface area contributed by atoms with Gasteiger partial charge in [0, 0.05) is 6.04 Å². The molecule has 1 amide bonds. The standard InChI is InChI=1S/C15H19NO3/c1-10-14(15(17)16-11-6-2-3-7-11)19-13-9-5-4-8-12(13)18-10/h4-5,8-11,14H,2-3,6-7H2,1H3,(H,16,17). The van der Waals surface area contributed by atoms with E-state index in [1.54, 1.807) is 0 Å². The number of para-hydroxylation sites is 2. The highest BCUT2D eigenvalue weighted by molar-refractivity contribution is 5.82. The maximum Gasteiger partial charge on any atom is 0.265 e. The van der Waals surface area contributed by atoms with Gasteiger partial charge in [0.05, 0.1) is 0 Å². The first kappa shape index (κ1) is 12.3. The summed E-state index contributed by atoms with van der Waals surface area (Å²) >= 11 is 0. The molecule has 1 aliphatic heterocycles. The van der Waals surface area contributed by atoms with Crippen molar-refractivity contribution in [2.75, 3.05) is 0 Å². The fraction of sp³-hybridized carbons (Fsp3) is 0.533. The normalized spacial score (nSPS) is 26.2. The van der Waals surface area contributed by atoms with Gasteiger partial charge < -0.3 is 14.8 Å². The van der Waals surface area contributed by atoms with Crippen LogP contribution in [-0.4, -0.2) is 24.2 Å². The molecule has 1 aromatic carbocycles. The van der Waals surface area contributed by atoms with Crippen LogP contribution < -0.4 is 14.8 Å². The Balaban J connectivity index is 1.69. The Labute approximate surface area is 113 Å². The summed E-state index contributed by atoms with van der Waals surface area (Å²) in [6, 6.07) is 7.77. The number of rotatable bonds is 2. The topological polar surface area (TPSA) is 47.6 Å². The molecule has 0 saturated heterocycles. The highest BCUT2D eigenvalue weighted by Gasteiger charge is 2.35. The number of carbonyl (C=O) groups excluding carboxylic acids is 1. The van der Waals surface area contributed by atoms with Crippen molar-refractivity contribution in [1.29, 1.82) is 0 Å². The van der Waals surface area contributed by atoms with Crippen molar-refractivity contribution in [2.24, 2.45) is 0 Å². The van der Waals surface area contributed by atoms with Crippen LogP contribution in [0.25, 0.3) is 0 Å². The van der Waals surface area contributed by atoms with E-state index in [-0.39, 0.29) is 12.0 Å². The minimum absolute atomic E-state index is 0.0612. The van der Waals surface area contributed by atoms with Gasteiger partial charge in [0.1, 0.15) is 6.10 Å². The van der Waals surface area contributed by atoms with Crippen molar-refractivity contribution in [3.8, 4) is 11.5 Å². The molecule has 4 nitrogen and oxygen atoms in total. The van der Waals surface area contributed by atoms with E-state index in [1.807, 2.05) is 31.2 Å². The summed E-state index contributed by atoms with van der Waals surface area (Å²) in [5, 5.41) is 3.07. The maximum atomic E-state index is 12.3. The van der Waals surface area contributed by atoms with Crippen molar-refractivity contribution >= 4 is 5.91 Å². The molecule has 102 valence electrons. The molecular formula is C15H19NO3. The molecule has 4 heteroatoms. The zero-order chi connectivity index (χ0) is 13.2. The molecule has 1 heterocycles. The van der Waals surface area contributed by atoms with Crippen molar-refractivity contribution in [1.82, 2.24) is 5.32 Å².